The summed E-state index contributed by atoms with van der Waals surface area (Å²) < 4.78 is 2.08. The molecular weight excluding hydrogens is 186 g/mol. The minimum Gasteiger partial charge on any atom is -0.315 e. The van der Waals surface area contributed by atoms with E-state index in [4.69, 9.17) is 0 Å². The lowest BCUT2D eigenvalue weighted by molar-refractivity contribution is 0.383. The molecule has 0 radical (unpaired) electrons. The first kappa shape index (κ1) is 10.5. The van der Waals surface area contributed by atoms with Gasteiger partial charge in [-0.2, -0.15) is 5.10 Å². The molecule has 0 saturated heterocycles. The molecule has 1 aliphatic rings. The second-order valence-electron chi connectivity index (χ2n) is 3.38. The number of likely N-dealkylation sites (N-methyl/N-ethyl adjacent to an activating group) is 1. The van der Waals surface area contributed by atoms with Gasteiger partial charge in [0.25, 0.3) is 0 Å². The lowest BCUT2D eigenvalue weighted by Crippen LogP contribution is -2.31. The summed E-state index contributed by atoms with van der Waals surface area (Å²) in [5.41, 5.74) is 0. The van der Waals surface area contributed by atoms with Crippen LogP contribution in [0.5, 0.6) is 0 Å². The van der Waals surface area contributed by atoms with Crippen molar-refractivity contribution < 1.29 is 0 Å². The summed E-state index contributed by atoms with van der Waals surface area (Å²) in [6.07, 6.45) is 7.76. The van der Waals surface area contributed by atoms with Crippen molar-refractivity contribution in [3.05, 3.63) is 18.5 Å². The van der Waals surface area contributed by atoms with Crippen LogP contribution in [0.3, 0.4) is 0 Å². The molecule has 0 amide bonds. The van der Waals surface area contributed by atoms with Crippen molar-refractivity contribution in [3.8, 4) is 0 Å². The van der Waals surface area contributed by atoms with E-state index in [9.17, 15) is 0 Å². The highest BCUT2D eigenvalue weighted by molar-refractivity contribution is 5.85. The molecule has 1 aromatic heterocycles. The normalized spacial score (nSPS) is 27.2. The molecule has 0 spiro atoms. The summed E-state index contributed by atoms with van der Waals surface area (Å²) in [6, 6.07) is 3.18. The molecule has 74 valence electrons. The molecular formula is C9H16ClN3. The molecule has 1 fully saturated rings. The van der Waals surface area contributed by atoms with Crippen LogP contribution in [-0.4, -0.2) is 22.9 Å². The molecule has 1 saturated carbocycles. The van der Waals surface area contributed by atoms with E-state index in [1.54, 1.807) is 0 Å². The predicted molar refractivity (Wildman–Crippen MR) is 55.2 cm³/mol. The standard InChI is InChI=1S/C9H15N3.ClH/c1-10-8-4-2-5-9(8)12-7-3-6-11-12;/h3,6-10H,2,4-5H2,1H3;1H/t8-,9-;/m1./s1. The number of rotatable bonds is 2. The highest BCUT2D eigenvalue weighted by Crippen LogP contribution is 2.28. The minimum absolute atomic E-state index is 0. The van der Waals surface area contributed by atoms with Gasteiger partial charge in [0.05, 0.1) is 6.04 Å². The highest BCUT2D eigenvalue weighted by Gasteiger charge is 2.27. The summed E-state index contributed by atoms with van der Waals surface area (Å²) in [6.45, 7) is 0. The zero-order valence-corrected chi connectivity index (χ0v) is 8.63. The Labute approximate surface area is 84.9 Å². The lowest BCUT2D eigenvalue weighted by atomic mass is 10.2. The van der Waals surface area contributed by atoms with E-state index in [0.29, 0.717) is 12.1 Å². The summed E-state index contributed by atoms with van der Waals surface area (Å²) >= 11 is 0. The summed E-state index contributed by atoms with van der Waals surface area (Å²) in [4.78, 5) is 0. The molecule has 2 rings (SSSR count). The predicted octanol–water partition coefficient (Wildman–Crippen LogP) is 1.62. The van der Waals surface area contributed by atoms with Gasteiger partial charge < -0.3 is 5.32 Å². The van der Waals surface area contributed by atoms with E-state index in [1.165, 1.54) is 19.3 Å². The molecule has 0 bridgehead atoms. The van der Waals surface area contributed by atoms with Crippen molar-refractivity contribution in [3.63, 3.8) is 0 Å². The Morgan fingerprint density at radius 3 is 2.92 bits per heavy atom. The maximum atomic E-state index is 4.27. The van der Waals surface area contributed by atoms with Crippen LogP contribution in [0.4, 0.5) is 0 Å². The first-order valence-corrected chi connectivity index (χ1v) is 4.58. The molecule has 3 nitrogen and oxygen atoms in total. The van der Waals surface area contributed by atoms with E-state index >= 15 is 0 Å². The van der Waals surface area contributed by atoms with Crippen molar-refractivity contribution in [1.82, 2.24) is 15.1 Å². The van der Waals surface area contributed by atoms with E-state index in [0.717, 1.165) is 0 Å². The molecule has 1 heterocycles. The van der Waals surface area contributed by atoms with Crippen LogP contribution in [-0.2, 0) is 0 Å². The van der Waals surface area contributed by atoms with Gasteiger partial charge in [0.15, 0.2) is 0 Å². The Kier molecular flexibility index (Phi) is 3.75. The summed E-state index contributed by atoms with van der Waals surface area (Å²) in [7, 11) is 2.03. The van der Waals surface area contributed by atoms with Crippen molar-refractivity contribution in [2.45, 2.75) is 31.3 Å². The third kappa shape index (κ3) is 2.03. The first-order valence-electron chi connectivity index (χ1n) is 4.58. The monoisotopic (exact) mass is 201 g/mol. The molecule has 0 aliphatic heterocycles. The average Bonchev–Trinajstić information content (AvgIpc) is 2.74. The van der Waals surface area contributed by atoms with Gasteiger partial charge in [-0.3, -0.25) is 4.68 Å². The quantitative estimate of drug-likeness (QED) is 0.788. The number of halogens is 1. The van der Waals surface area contributed by atoms with Crippen molar-refractivity contribution >= 4 is 12.4 Å². The molecule has 1 aromatic rings. The van der Waals surface area contributed by atoms with Gasteiger partial charge in [-0.1, -0.05) is 0 Å². The molecule has 0 unspecified atom stereocenters. The lowest BCUT2D eigenvalue weighted by Gasteiger charge is -2.18. The van der Waals surface area contributed by atoms with Gasteiger partial charge in [-0.05, 0) is 32.4 Å². The van der Waals surface area contributed by atoms with Crippen LogP contribution >= 0.6 is 12.4 Å². The van der Waals surface area contributed by atoms with E-state index in [-0.39, 0.29) is 12.4 Å². The number of hydrogen-bond acceptors (Lipinski definition) is 2. The third-order valence-electron chi connectivity index (χ3n) is 2.71. The second-order valence-corrected chi connectivity index (χ2v) is 3.38. The van der Waals surface area contributed by atoms with Crippen LogP contribution in [0.2, 0.25) is 0 Å². The van der Waals surface area contributed by atoms with Gasteiger partial charge in [0.1, 0.15) is 0 Å². The van der Waals surface area contributed by atoms with Crippen LogP contribution < -0.4 is 5.32 Å². The van der Waals surface area contributed by atoms with Crippen LogP contribution in [0.15, 0.2) is 18.5 Å². The Hall–Kier alpha value is -0.540. The smallest absolute Gasteiger partial charge is 0.0672 e. The van der Waals surface area contributed by atoms with Crippen molar-refractivity contribution in [1.29, 1.82) is 0 Å². The average molecular weight is 202 g/mol. The van der Waals surface area contributed by atoms with E-state index < -0.39 is 0 Å². The molecule has 0 aromatic carbocycles. The fraction of sp³-hybridized carbons (Fsp3) is 0.667. The highest BCUT2D eigenvalue weighted by atomic mass is 35.5. The SMILES string of the molecule is CN[C@@H]1CCC[C@H]1n1cccn1.Cl. The summed E-state index contributed by atoms with van der Waals surface area (Å²) in [5, 5.41) is 7.61. The number of nitrogens with one attached hydrogen (secondary N) is 1. The molecule has 1 aliphatic carbocycles. The molecule has 1 N–H and O–H groups in total. The topological polar surface area (TPSA) is 29.9 Å². The Morgan fingerprint density at radius 2 is 2.31 bits per heavy atom. The molecule has 13 heavy (non-hydrogen) atoms. The van der Waals surface area contributed by atoms with Gasteiger partial charge in [0, 0.05) is 18.4 Å². The van der Waals surface area contributed by atoms with Crippen LogP contribution in [0.1, 0.15) is 25.3 Å². The van der Waals surface area contributed by atoms with Crippen molar-refractivity contribution in [2.24, 2.45) is 0 Å². The first-order chi connectivity index (χ1) is 5.92. The minimum atomic E-state index is 0. The van der Waals surface area contributed by atoms with E-state index in [2.05, 4.69) is 21.3 Å². The van der Waals surface area contributed by atoms with Gasteiger partial charge in [0.2, 0.25) is 0 Å². The molecule has 4 heteroatoms. The Bertz CT molecular complexity index is 235. The fourth-order valence-corrected chi connectivity index (χ4v) is 2.07. The zero-order valence-electron chi connectivity index (χ0n) is 7.81. The van der Waals surface area contributed by atoms with Crippen molar-refractivity contribution in [2.75, 3.05) is 7.05 Å². The number of hydrogen-bond donors (Lipinski definition) is 1. The van der Waals surface area contributed by atoms with Gasteiger partial charge in [-0.15, -0.1) is 12.4 Å². The van der Waals surface area contributed by atoms with Crippen LogP contribution in [0.25, 0.3) is 0 Å². The Balaban J connectivity index is 0.000000845. The maximum absolute atomic E-state index is 4.27. The largest absolute Gasteiger partial charge is 0.315 e. The fourth-order valence-electron chi connectivity index (χ4n) is 2.07. The van der Waals surface area contributed by atoms with Gasteiger partial charge in [-0.25, -0.2) is 0 Å². The van der Waals surface area contributed by atoms with E-state index in [1.807, 2.05) is 19.3 Å². The summed E-state index contributed by atoms with van der Waals surface area (Å²) in [5.74, 6) is 0. The van der Waals surface area contributed by atoms with Gasteiger partial charge >= 0.3 is 0 Å². The second kappa shape index (κ2) is 4.63. The molecule has 2 atom stereocenters. The van der Waals surface area contributed by atoms with Crippen LogP contribution in [0, 0.1) is 0 Å². The number of nitrogens with zero attached hydrogens (tertiary/aromatic N) is 2. The number of aromatic nitrogens is 2. The maximum Gasteiger partial charge on any atom is 0.0672 e. The third-order valence-corrected chi connectivity index (χ3v) is 2.71. The Morgan fingerprint density at radius 1 is 1.46 bits per heavy atom. The zero-order chi connectivity index (χ0) is 8.39.